The van der Waals surface area contributed by atoms with Gasteiger partial charge in [-0.1, -0.05) is 30.4 Å². The third-order valence-electron chi connectivity index (χ3n) is 5.58. The van der Waals surface area contributed by atoms with Gasteiger partial charge in [0, 0.05) is 11.0 Å². The van der Waals surface area contributed by atoms with E-state index in [4.69, 9.17) is 9.47 Å². The fourth-order valence-corrected chi connectivity index (χ4v) is 4.45. The maximum Gasteiger partial charge on any atom is 0.289 e. The summed E-state index contributed by atoms with van der Waals surface area (Å²) in [6.45, 7) is 1.19. The number of allylic oxidation sites excluding steroid dienone is 2. The molecule has 2 aliphatic heterocycles. The highest BCUT2D eigenvalue weighted by molar-refractivity contribution is 6.04. The minimum atomic E-state index is -1.23. The molecule has 1 amide bonds. The Morgan fingerprint density at radius 3 is 2.67 bits per heavy atom. The lowest BCUT2D eigenvalue weighted by Crippen LogP contribution is -2.52. The number of carbonyl (C=O) groups is 1. The van der Waals surface area contributed by atoms with Crippen molar-refractivity contribution in [2.75, 3.05) is 18.5 Å². The Hall–Kier alpha value is -1.65. The van der Waals surface area contributed by atoms with E-state index in [0.29, 0.717) is 25.0 Å². The summed E-state index contributed by atoms with van der Waals surface area (Å²) < 4.78 is 12.2. The molecular formula is C17H17NO3. The minimum absolute atomic E-state index is 0.0719. The minimum Gasteiger partial charge on any atom is -0.338 e. The third kappa shape index (κ3) is 1.39. The van der Waals surface area contributed by atoms with Crippen LogP contribution in [0.15, 0.2) is 36.4 Å². The van der Waals surface area contributed by atoms with Crippen LogP contribution in [0, 0.1) is 17.3 Å². The molecule has 108 valence electrons. The number of ether oxygens (including phenoxy) is 2. The molecule has 1 N–H and O–H groups in total. The zero-order valence-electron chi connectivity index (χ0n) is 11.7. The second kappa shape index (κ2) is 3.76. The maximum absolute atomic E-state index is 12.4. The van der Waals surface area contributed by atoms with E-state index in [1.165, 1.54) is 6.42 Å². The lowest BCUT2D eigenvalue weighted by molar-refractivity contribution is -0.294. The Bertz CT molecular complexity index is 658. The number of fused-ring (bicyclic) bond motifs is 5. The van der Waals surface area contributed by atoms with E-state index in [1.54, 1.807) is 0 Å². The van der Waals surface area contributed by atoms with Crippen LogP contribution < -0.4 is 5.32 Å². The van der Waals surface area contributed by atoms with Crippen molar-refractivity contribution in [2.45, 2.75) is 18.6 Å². The van der Waals surface area contributed by atoms with E-state index in [-0.39, 0.29) is 11.3 Å². The quantitative estimate of drug-likeness (QED) is 0.744. The molecule has 0 unspecified atom stereocenters. The van der Waals surface area contributed by atoms with Crippen molar-refractivity contribution in [2.24, 2.45) is 17.3 Å². The molecule has 4 nitrogen and oxygen atoms in total. The summed E-state index contributed by atoms with van der Waals surface area (Å²) in [6.07, 6.45) is 6.95. The van der Waals surface area contributed by atoms with Crippen LogP contribution in [0.1, 0.15) is 18.4 Å². The van der Waals surface area contributed by atoms with Crippen LogP contribution in [0.2, 0.25) is 0 Å². The average Bonchev–Trinajstić information content (AvgIpc) is 3.16. The number of amides is 1. The van der Waals surface area contributed by atoms with Gasteiger partial charge >= 0.3 is 0 Å². The number of hydrogen-bond donors (Lipinski definition) is 1. The SMILES string of the molecule is O=C1Nc2ccccc2C12OCC1(CO2)C[C@H]2C=C[C@@H]1C2. The van der Waals surface area contributed by atoms with E-state index < -0.39 is 5.79 Å². The summed E-state index contributed by atoms with van der Waals surface area (Å²) in [4.78, 5) is 12.4. The van der Waals surface area contributed by atoms with Crippen molar-refractivity contribution in [3.63, 3.8) is 0 Å². The Morgan fingerprint density at radius 1 is 1.14 bits per heavy atom. The first-order valence-electron chi connectivity index (χ1n) is 7.59. The molecule has 1 aromatic carbocycles. The molecule has 2 heterocycles. The van der Waals surface area contributed by atoms with E-state index in [9.17, 15) is 4.79 Å². The number of anilines is 1. The molecule has 4 heteroatoms. The van der Waals surface area contributed by atoms with Gasteiger partial charge in [-0.05, 0) is 30.7 Å². The monoisotopic (exact) mass is 283 g/mol. The Labute approximate surface area is 123 Å². The van der Waals surface area contributed by atoms with E-state index in [2.05, 4.69) is 17.5 Å². The summed E-state index contributed by atoms with van der Waals surface area (Å²) in [5.74, 6) is -0.217. The summed E-state index contributed by atoms with van der Waals surface area (Å²) in [6, 6.07) is 7.62. The zero-order chi connectivity index (χ0) is 14.1. The molecule has 1 aromatic rings. The Kier molecular flexibility index (Phi) is 2.14. The molecule has 0 aromatic heterocycles. The van der Waals surface area contributed by atoms with Gasteiger partial charge in [-0.3, -0.25) is 4.79 Å². The van der Waals surface area contributed by atoms with E-state index in [0.717, 1.165) is 17.7 Å². The van der Waals surface area contributed by atoms with Gasteiger partial charge in [0.2, 0.25) is 0 Å². The first kappa shape index (κ1) is 12.0. The van der Waals surface area contributed by atoms with Crippen LogP contribution in [-0.2, 0) is 20.1 Å². The highest BCUT2D eigenvalue weighted by atomic mass is 16.7. The number of hydrogen-bond acceptors (Lipinski definition) is 3. The van der Waals surface area contributed by atoms with Gasteiger partial charge in [-0.15, -0.1) is 0 Å². The van der Waals surface area contributed by atoms with Gasteiger partial charge in [0.05, 0.1) is 18.9 Å². The van der Waals surface area contributed by atoms with Crippen LogP contribution in [0.5, 0.6) is 0 Å². The van der Waals surface area contributed by atoms with Crippen molar-refractivity contribution in [3.8, 4) is 0 Å². The second-order valence-corrected chi connectivity index (χ2v) is 6.75. The molecule has 2 atom stereocenters. The number of carbonyl (C=O) groups excluding carboxylic acids is 1. The molecule has 21 heavy (non-hydrogen) atoms. The lowest BCUT2D eigenvalue weighted by atomic mass is 9.76. The molecule has 0 radical (unpaired) electrons. The van der Waals surface area contributed by atoms with Crippen molar-refractivity contribution < 1.29 is 14.3 Å². The van der Waals surface area contributed by atoms with E-state index in [1.807, 2.05) is 24.3 Å². The van der Waals surface area contributed by atoms with Crippen molar-refractivity contribution in [1.82, 2.24) is 0 Å². The topological polar surface area (TPSA) is 47.6 Å². The van der Waals surface area contributed by atoms with Crippen LogP contribution in [0.25, 0.3) is 0 Å². The molecule has 4 aliphatic rings. The molecule has 2 spiro atoms. The average molecular weight is 283 g/mol. The van der Waals surface area contributed by atoms with Gasteiger partial charge < -0.3 is 14.8 Å². The molecule has 1 saturated carbocycles. The maximum atomic E-state index is 12.4. The van der Waals surface area contributed by atoms with Gasteiger partial charge in [0.1, 0.15) is 0 Å². The van der Waals surface area contributed by atoms with Gasteiger partial charge in [-0.2, -0.15) is 0 Å². The fraction of sp³-hybridized carbons (Fsp3) is 0.471. The smallest absolute Gasteiger partial charge is 0.289 e. The van der Waals surface area contributed by atoms with Crippen LogP contribution >= 0.6 is 0 Å². The molecule has 2 bridgehead atoms. The number of nitrogens with one attached hydrogen (secondary N) is 1. The van der Waals surface area contributed by atoms with Gasteiger partial charge in [0.25, 0.3) is 11.7 Å². The normalized spacial score (nSPS) is 42.8. The summed E-state index contributed by atoms with van der Waals surface area (Å²) in [5, 5.41) is 2.87. The molecule has 5 rings (SSSR count). The highest BCUT2D eigenvalue weighted by Crippen LogP contribution is 2.56. The lowest BCUT2D eigenvalue weighted by Gasteiger charge is -2.44. The fourth-order valence-electron chi connectivity index (χ4n) is 4.45. The number of benzene rings is 1. The predicted octanol–water partition coefficient (Wildman–Crippen LogP) is 2.42. The Balaban J connectivity index is 1.49. The third-order valence-corrected chi connectivity index (χ3v) is 5.58. The molecule has 2 aliphatic carbocycles. The standard InChI is InChI=1S/C17H17NO3/c19-15-17(13-3-1-2-4-14(13)18-15)20-9-16(10-21-17)8-11-5-6-12(16)7-11/h1-6,11-12H,7-10H2,(H,18,19)/t11-,12+,16?,17?/m0/s1. The molecule has 1 saturated heterocycles. The first-order valence-corrected chi connectivity index (χ1v) is 7.59. The predicted molar refractivity (Wildman–Crippen MR) is 76.4 cm³/mol. The molecule has 2 fully saturated rings. The first-order chi connectivity index (χ1) is 10.2. The number of para-hydroxylation sites is 1. The summed E-state index contributed by atoms with van der Waals surface area (Å²) in [7, 11) is 0. The largest absolute Gasteiger partial charge is 0.338 e. The van der Waals surface area contributed by atoms with Crippen LogP contribution in [0.3, 0.4) is 0 Å². The highest BCUT2D eigenvalue weighted by Gasteiger charge is 2.59. The van der Waals surface area contributed by atoms with Crippen LogP contribution in [0.4, 0.5) is 5.69 Å². The van der Waals surface area contributed by atoms with E-state index >= 15 is 0 Å². The summed E-state index contributed by atoms with van der Waals surface area (Å²) in [5.41, 5.74) is 1.68. The van der Waals surface area contributed by atoms with Crippen molar-refractivity contribution in [1.29, 1.82) is 0 Å². The van der Waals surface area contributed by atoms with Crippen LogP contribution in [-0.4, -0.2) is 19.1 Å². The zero-order valence-corrected chi connectivity index (χ0v) is 11.7. The molecular weight excluding hydrogens is 266 g/mol. The summed E-state index contributed by atoms with van der Waals surface area (Å²) >= 11 is 0. The second-order valence-electron chi connectivity index (χ2n) is 6.75. The van der Waals surface area contributed by atoms with Gasteiger partial charge in [0.15, 0.2) is 0 Å². The number of rotatable bonds is 0. The van der Waals surface area contributed by atoms with Crippen molar-refractivity contribution in [3.05, 3.63) is 42.0 Å². The Morgan fingerprint density at radius 2 is 1.95 bits per heavy atom. The van der Waals surface area contributed by atoms with Crippen molar-refractivity contribution >= 4 is 11.6 Å². The van der Waals surface area contributed by atoms with Gasteiger partial charge in [-0.25, -0.2) is 0 Å².